The molecule has 0 fully saturated rings. The van der Waals surface area contributed by atoms with Gasteiger partial charge in [-0.25, -0.2) is 4.98 Å². The number of ether oxygens (including phenoxy) is 2. The molecule has 0 atom stereocenters. The number of nitrogens with one attached hydrogen (secondary N) is 1. The summed E-state index contributed by atoms with van der Waals surface area (Å²) in [5, 5.41) is 13.8. The molecule has 0 bridgehead atoms. The van der Waals surface area contributed by atoms with Crippen LogP contribution in [0.5, 0.6) is 11.5 Å². The highest BCUT2D eigenvalue weighted by atomic mass is 32.1. The van der Waals surface area contributed by atoms with Crippen LogP contribution in [0.2, 0.25) is 0 Å². The van der Waals surface area contributed by atoms with Crippen molar-refractivity contribution in [3.05, 3.63) is 58.2 Å². The zero-order valence-corrected chi connectivity index (χ0v) is 15.3. The minimum atomic E-state index is -0.476. The Hall–Kier alpha value is -3.46. The lowest BCUT2D eigenvalue weighted by Gasteiger charge is -2.03. The number of benzene rings is 2. The summed E-state index contributed by atoms with van der Waals surface area (Å²) in [6.07, 6.45) is 2.90. The number of anilines is 1. The maximum absolute atomic E-state index is 12.1. The quantitative estimate of drug-likeness (QED) is 0.392. The monoisotopic (exact) mass is 385 g/mol. The van der Waals surface area contributed by atoms with Crippen molar-refractivity contribution in [2.45, 2.75) is 0 Å². The first-order valence-electron chi connectivity index (χ1n) is 7.77. The van der Waals surface area contributed by atoms with Crippen molar-refractivity contribution in [3.8, 4) is 11.5 Å². The minimum Gasteiger partial charge on any atom is -0.495 e. The van der Waals surface area contributed by atoms with Gasteiger partial charge in [-0.1, -0.05) is 11.3 Å². The molecule has 8 nitrogen and oxygen atoms in total. The summed E-state index contributed by atoms with van der Waals surface area (Å²) < 4.78 is 11.4. The maximum Gasteiger partial charge on any atom is 0.269 e. The van der Waals surface area contributed by atoms with Crippen molar-refractivity contribution in [2.75, 3.05) is 19.5 Å². The van der Waals surface area contributed by atoms with Crippen molar-refractivity contribution < 1.29 is 19.2 Å². The molecule has 1 heterocycles. The number of aromatic nitrogens is 1. The third-order valence-corrected chi connectivity index (χ3v) is 4.66. The smallest absolute Gasteiger partial charge is 0.269 e. The fraction of sp³-hybridized carbons (Fsp3) is 0.111. The number of amides is 1. The molecule has 3 rings (SSSR count). The van der Waals surface area contributed by atoms with Crippen molar-refractivity contribution in [2.24, 2.45) is 0 Å². The molecule has 1 aromatic heterocycles. The molecule has 1 N–H and O–H groups in total. The number of non-ortho nitro benzene ring substituents is 1. The van der Waals surface area contributed by atoms with Crippen LogP contribution in [-0.2, 0) is 4.79 Å². The Bertz CT molecular complexity index is 986. The zero-order valence-electron chi connectivity index (χ0n) is 14.5. The minimum absolute atomic E-state index is 0.00558. The number of nitro groups is 1. The Kier molecular flexibility index (Phi) is 5.32. The molecule has 0 aliphatic rings. The summed E-state index contributed by atoms with van der Waals surface area (Å²) in [6, 6.07) is 9.42. The SMILES string of the molecule is COc1ccc(OC)c2sc(NC(=O)/C=C\c3ccc([N+](=O)[O-])cc3)nc12. The first kappa shape index (κ1) is 18.3. The number of hydrogen-bond acceptors (Lipinski definition) is 7. The van der Waals surface area contributed by atoms with E-state index in [2.05, 4.69) is 10.3 Å². The number of fused-ring (bicyclic) bond motifs is 1. The van der Waals surface area contributed by atoms with E-state index in [9.17, 15) is 14.9 Å². The van der Waals surface area contributed by atoms with Crippen LogP contribution >= 0.6 is 11.3 Å². The first-order chi connectivity index (χ1) is 13.0. The van der Waals surface area contributed by atoms with Gasteiger partial charge >= 0.3 is 0 Å². The van der Waals surface area contributed by atoms with Crippen LogP contribution in [0.25, 0.3) is 16.3 Å². The van der Waals surface area contributed by atoms with Crippen LogP contribution in [0, 0.1) is 10.1 Å². The summed E-state index contributed by atoms with van der Waals surface area (Å²) in [7, 11) is 3.11. The van der Waals surface area contributed by atoms with Gasteiger partial charge in [0.25, 0.3) is 5.69 Å². The highest BCUT2D eigenvalue weighted by Gasteiger charge is 2.14. The van der Waals surface area contributed by atoms with Gasteiger partial charge in [0.05, 0.1) is 19.1 Å². The van der Waals surface area contributed by atoms with Gasteiger partial charge in [0.1, 0.15) is 21.7 Å². The lowest BCUT2D eigenvalue weighted by molar-refractivity contribution is -0.384. The van der Waals surface area contributed by atoms with Crippen molar-refractivity contribution >= 4 is 44.4 Å². The average molecular weight is 385 g/mol. The molecule has 0 aliphatic heterocycles. The van der Waals surface area contributed by atoms with Gasteiger partial charge in [0.2, 0.25) is 5.91 Å². The zero-order chi connectivity index (χ0) is 19.4. The lowest BCUT2D eigenvalue weighted by atomic mass is 10.2. The number of nitro benzene ring substituents is 1. The fourth-order valence-electron chi connectivity index (χ4n) is 2.37. The van der Waals surface area contributed by atoms with Crippen LogP contribution < -0.4 is 14.8 Å². The third kappa shape index (κ3) is 4.04. The Balaban J connectivity index is 1.76. The largest absolute Gasteiger partial charge is 0.495 e. The molecule has 0 saturated carbocycles. The van der Waals surface area contributed by atoms with Crippen LogP contribution in [0.1, 0.15) is 5.56 Å². The van der Waals surface area contributed by atoms with E-state index in [0.717, 1.165) is 4.70 Å². The van der Waals surface area contributed by atoms with Crippen LogP contribution in [0.4, 0.5) is 10.8 Å². The topological polar surface area (TPSA) is 104 Å². The Morgan fingerprint density at radius 1 is 1.15 bits per heavy atom. The number of hydrogen-bond donors (Lipinski definition) is 1. The molecule has 2 aromatic carbocycles. The summed E-state index contributed by atoms with van der Waals surface area (Å²) in [4.78, 5) is 26.7. The average Bonchev–Trinajstić information content (AvgIpc) is 3.09. The first-order valence-corrected chi connectivity index (χ1v) is 8.58. The van der Waals surface area contributed by atoms with Gasteiger partial charge in [0.15, 0.2) is 5.13 Å². The molecule has 0 aliphatic carbocycles. The summed E-state index contributed by atoms with van der Waals surface area (Å²) >= 11 is 1.28. The van der Waals surface area contributed by atoms with Crippen LogP contribution in [0.3, 0.4) is 0 Å². The number of methoxy groups -OCH3 is 2. The second kappa shape index (κ2) is 7.83. The third-order valence-electron chi connectivity index (χ3n) is 3.67. The molecule has 138 valence electrons. The van der Waals surface area contributed by atoms with E-state index >= 15 is 0 Å². The second-order valence-electron chi connectivity index (χ2n) is 5.34. The molecular weight excluding hydrogens is 370 g/mol. The summed E-state index contributed by atoms with van der Waals surface area (Å²) in [5.41, 5.74) is 1.27. The van der Waals surface area contributed by atoms with E-state index in [-0.39, 0.29) is 11.6 Å². The van der Waals surface area contributed by atoms with Crippen molar-refractivity contribution in [1.82, 2.24) is 4.98 Å². The Morgan fingerprint density at radius 3 is 2.44 bits per heavy atom. The molecule has 0 radical (unpaired) electrons. The molecule has 0 spiro atoms. The summed E-state index contributed by atoms with van der Waals surface area (Å²) in [6.45, 7) is 0. The number of carbonyl (C=O) groups is 1. The van der Waals surface area contributed by atoms with Gasteiger partial charge in [-0.05, 0) is 35.9 Å². The maximum atomic E-state index is 12.1. The second-order valence-corrected chi connectivity index (χ2v) is 6.34. The van der Waals surface area contributed by atoms with Gasteiger partial charge < -0.3 is 9.47 Å². The van der Waals surface area contributed by atoms with Crippen LogP contribution in [-0.4, -0.2) is 30.0 Å². The van der Waals surface area contributed by atoms with Gasteiger partial charge in [-0.15, -0.1) is 0 Å². The van der Waals surface area contributed by atoms with E-state index < -0.39 is 4.92 Å². The number of nitrogens with zero attached hydrogens (tertiary/aromatic N) is 2. The predicted molar refractivity (Wildman–Crippen MR) is 103 cm³/mol. The highest BCUT2D eigenvalue weighted by Crippen LogP contribution is 2.38. The number of rotatable bonds is 6. The molecule has 0 saturated heterocycles. The fourth-order valence-corrected chi connectivity index (χ4v) is 3.34. The molecular formula is C18H15N3O5S. The predicted octanol–water partition coefficient (Wildman–Crippen LogP) is 3.87. The Labute approximate surface area is 158 Å². The van der Waals surface area contributed by atoms with E-state index in [1.54, 1.807) is 44.6 Å². The molecule has 3 aromatic rings. The molecule has 9 heteroatoms. The van der Waals surface area contributed by atoms with Gasteiger partial charge in [0, 0.05) is 18.2 Å². The van der Waals surface area contributed by atoms with Crippen molar-refractivity contribution in [3.63, 3.8) is 0 Å². The van der Waals surface area contributed by atoms with E-state index in [0.29, 0.717) is 27.7 Å². The normalized spacial score (nSPS) is 10.9. The molecule has 0 unspecified atom stereocenters. The Morgan fingerprint density at radius 2 is 1.81 bits per heavy atom. The number of thiazole rings is 1. The number of carbonyl (C=O) groups excluding carboxylic acids is 1. The summed E-state index contributed by atoms with van der Waals surface area (Å²) in [5.74, 6) is 0.861. The lowest BCUT2D eigenvalue weighted by Crippen LogP contribution is -2.07. The standard InChI is InChI=1S/C18H15N3O5S/c1-25-13-8-9-14(26-2)17-16(13)20-18(27-17)19-15(22)10-5-11-3-6-12(7-4-11)21(23)24/h3-10H,1-2H3,(H,19,20,22)/b10-5-. The molecule has 1 amide bonds. The van der Waals surface area contributed by atoms with E-state index in [1.165, 1.54) is 29.5 Å². The van der Waals surface area contributed by atoms with E-state index in [1.807, 2.05) is 0 Å². The van der Waals surface area contributed by atoms with Gasteiger partial charge in [-0.2, -0.15) is 0 Å². The molecule has 27 heavy (non-hydrogen) atoms. The van der Waals surface area contributed by atoms with Gasteiger partial charge in [-0.3, -0.25) is 20.2 Å². The van der Waals surface area contributed by atoms with Crippen LogP contribution in [0.15, 0.2) is 42.5 Å². The highest BCUT2D eigenvalue weighted by molar-refractivity contribution is 7.22. The van der Waals surface area contributed by atoms with Crippen molar-refractivity contribution in [1.29, 1.82) is 0 Å². The van der Waals surface area contributed by atoms with E-state index in [4.69, 9.17) is 9.47 Å².